The molecule has 1 aromatic carbocycles. The number of hydrogen-bond donors (Lipinski definition) is 2. The van der Waals surface area contributed by atoms with E-state index in [0.717, 1.165) is 0 Å². The molecule has 182 valence electrons. The van der Waals surface area contributed by atoms with Crippen LogP contribution in [-0.2, 0) is 15.5 Å². The smallest absolute Gasteiger partial charge is 0.374 e. The quantitative estimate of drug-likeness (QED) is 0.268. The van der Waals surface area contributed by atoms with Gasteiger partial charge in [0.1, 0.15) is 17.4 Å². The molecule has 3 heterocycles. The molecule has 8 nitrogen and oxygen atoms in total. The van der Waals surface area contributed by atoms with Crippen LogP contribution >= 0.6 is 0 Å². The number of benzene rings is 1. The summed E-state index contributed by atoms with van der Waals surface area (Å²) in [5.74, 6) is -10.9. The van der Waals surface area contributed by atoms with Crippen molar-refractivity contribution in [3.63, 3.8) is 0 Å². The Morgan fingerprint density at radius 3 is 2.59 bits per heavy atom. The Labute approximate surface area is 190 Å². The number of carboxylic acids is 1. The van der Waals surface area contributed by atoms with Crippen molar-refractivity contribution < 1.29 is 41.8 Å². The molecular weight excluding hydrogens is 462 g/mol. The molecule has 4 rings (SSSR count). The zero-order valence-electron chi connectivity index (χ0n) is 17.8. The summed E-state index contributed by atoms with van der Waals surface area (Å²) in [5.41, 5.74) is 0.549. The van der Waals surface area contributed by atoms with Crippen LogP contribution < -0.4 is 4.90 Å². The van der Waals surface area contributed by atoms with Crippen LogP contribution in [-0.4, -0.2) is 57.0 Å². The number of halogens is 4. The Kier molecular flexibility index (Phi) is 6.19. The molecule has 2 aromatic heterocycles. The third-order valence-corrected chi connectivity index (χ3v) is 5.82. The summed E-state index contributed by atoms with van der Waals surface area (Å²) in [6.45, 7) is -0.0259. The minimum absolute atomic E-state index is 0.0259. The van der Waals surface area contributed by atoms with Crippen LogP contribution in [0.15, 0.2) is 28.7 Å². The van der Waals surface area contributed by atoms with Gasteiger partial charge in [-0.25, -0.2) is 14.8 Å². The van der Waals surface area contributed by atoms with E-state index in [1.54, 1.807) is 24.3 Å². The first kappa shape index (κ1) is 23.9. The lowest BCUT2D eigenvalue weighted by atomic mass is 10.1. The summed E-state index contributed by atoms with van der Waals surface area (Å²) in [4.78, 5) is 31.5. The summed E-state index contributed by atoms with van der Waals surface area (Å²) in [6.07, 6.45) is -2.97. The van der Waals surface area contributed by atoms with Crippen LogP contribution in [0.3, 0.4) is 0 Å². The summed E-state index contributed by atoms with van der Waals surface area (Å²) >= 11 is 0. The Balaban J connectivity index is 1.70. The van der Waals surface area contributed by atoms with Crippen molar-refractivity contribution >= 4 is 40.1 Å². The summed E-state index contributed by atoms with van der Waals surface area (Å²) in [6, 6.07) is 5.81. The SMILES string of the molecule is O=C[C@@H]1C[C@H](O)CN1c1nc(C(F)(F)CCCCC(F)(F)C(=O)O)nc2c1oc1ccccc12. The van der Waals surface area contributed by atoms with E-state index in [2.05, 4.69) is 9.97 Å². The highest BCUT2D eigenvalue weighted by Gasteiger charge is 2.41. The Morgan fingerprint density at radius 2 is 1.88 bits per heavy atom. The third kappa shape index (κ3) is 4.41. The van der Waals surface area contributed by atoms with Gasteiger partial charge < -0.3 is 24.3 Å². The van der Waals surface area contributed by atoms with Crippen molar-refractivity contribution in [3.05, 3.63) is 30.1 Å². The van der Waals surface area contributed by atoms with Gasteiger partial charge in [0.05, 0.1) is 12.1 Å². The monoisotopic (exact) mass is 483 g/mol. The van der Waals surface area contributed by atoms with Gasteiger partial charge in [-0.05, 0) is 25.0 Å². The number of nitrogens with zero attached hydrogens (tertiary/aromatic N) is 3. The first-order valence-electron chi connectivity index (χ1n) is 10.6. The molecule has 2 N–H and O–H groups in total. The highest BCUT2D eigenvalue weighted by Crippen LogP contribution is 2.40. The predicted molar refractivity (Wildman–Crippen MR) is 112 cm³/mol. The molecule has 1 aliphatic rings. The van der Waals surface area contributed by atoms with E-state index in [9.17, 15) is 23.5 Å². The number of rotatable bonds is 9. The highest BCUT2D eigenvalue weighted by molar-refractivity contribution is 6.06. The van der Waals surface area contributed by atoms with Crippen LogP contribution in [0.1, 0.15) is 37.9 Å². The standard InChI is InChI=1S/C22H21F4N3O5/c23-21(24,7-3-4-8-22(25,26)20(32)33)19-27-16-14-5-1-2-6-15(14)34-17(16)18(28-19)29-10-13(31)9-12(29)11-30/h1-2,5-6,11-13,31H,3-4,7-10H2,(H,32,33)/t12-,13-/m0/s1. The summed E-state index contributed by atoms with van der Waals surface area (Å²) in [7, 11) is 0. The van der Waals surface area contributed by atoms with E-state index in [1.165, 1.54) is 4.90 Å². The number of hydrogen-bond acceptors (Lipinski definition) is 7. The number of anilines is 1. The van der Waals surface area contributed by atoms with E-state index in [1.807, 2.05) is 0 Å². The number of carboxylic acid groups (broad SMARTS) is 1. The zero-order chi connectivity index (χ0) is 24.7. The molecule has 1 saturated heterocycles. The number of carbonyl (C=O) groups excluding carboxylic acids is 1. The van der Waals surface area contributed by atoms with E-state index >= 15 is 8.78 Å². The van der Waals surface area contributed by atoms with Crippen LogP contribution in [0.2, 0.25) is 0 Å². The fourth-order valence-corrected chi connectivity index (χ4v) is 4.06. The van der Waals surface area contributed by atoms with Crippen LogP contribution in [0, 0.1) is 0 Å². The number of unbranched alkanes of at least 4 members (excludes halogenated alkanes) is 1. The second-order valence-electron chi connectivity index (χ2n) is 8.31. The number of alkyl halides is 4. The van der Waals surface area contributed by atoms with Crippen molar-refractivity contribution in [2.24, 2.45) is 0 Å². The fourth-order valence-electron chi connectivity index (χ4n) is 4.06. The first-order chi connectivity index (χ1) is 16.0. The number of fused-ring (bicyclic) bond motifs is 3. The number of aliphatic carboxylic acids is 1. The van der Waals surface area contributed by atoms with Gasteiger partial charge in [0, 0.05) is 31.2 Å². The molecule has 0 radical (unpaired) electrons. The van der Waals surface area contributed by atoms with Gasteiger partial charge in [-0.15, -0.1) is 0 Å². The van der Waals surface area contributed by atoms with Crippen molar-refractivity contribution in [2.45, 2.75) is 56.1 Å². The maximum absolute atomic E-state index is 15.1. The lowest BCUT2D eigenvalue weighted by molar-refractivity contribution is -0.165. The molecule has 2 atom stereocenters. The topological polar surface area (TPSA) is 117 Å². The number of para-hydroxylation sites is 1. The predicted octanol–water partition coefficient (Wildman–Crippen LogP) is 3.89. The first-order valence-corrected chi connectivity index (χ1v) is 10.6. The van der Waals surface area contributed by atoms with Crippen LogP contribution in [0.4, 0.5) is 23.4 Å². The molecule has 3 aromatic rings. The van der Waals surface area contributed by atoms with Crippen molar-refractivity contribution in [3.8, 4) is 0 Å². The van der Waals surface area contributed by atoms with Crippen LogP contribution in [0.25, 0.3) is 22.1 Å². The lowest BCUT2D eigenvalue weighted by Gasteiger charge is -2.23. The number of carbonyl (C=O) groups is 2. The Bertz CT molecular complexity index is 1230. The second kappa shape index (κ2) is 8.82. The van der Waals surface area contributed by atoms with Crippen molar-refractivity contribution in [1.82, 2.24) is 9.97 Å². The van der Waals surface area contributed by atoms with Crippen molar-refractivity contribution in [1.29, 1.82) is 0 Å². The number of β-amino-alcohol motifs (C(OH)–C–C–N with tert-alkyl or cyclic N) is 1. The van der Waals surface area contributed by atoms with Crippen LogP contribution in [0.5, 0.6) is 0 Å². The lowest BCUT2D eigenvalue weighted by Crippen LogP contribution is -2.32. The molecule has 0 amide bonds. The number of furan rings is 1. The zero-order valence-corrected chi connectivity index (χ0v) is 17.8. The summed E-state index contributed by atoms with van der Waals surface area (Å²) in [5, 5.41) is 18.9. The van der Waals surface area contributed by atoms with E-state index in [0.29, 0.717) is 17.3 Å². The number of aromatic nitrogens is 2. The number of aliphatic hydroxyl groups excluding tert-OH is 1. The molecule has 0 spiro atoms. The average molecular weight is 483 g/mol. The molecule has 1 fully saturated rings. The van der Waals surface area contributed by atoms with E-state index in [-0.39, 0.29) is 29.9 Å². The maximum atomic E-state index is 15.1. The molecule has 34 heavy (non-hydrogen) atoms. The Hall–Kier alpha value is -3.28. The van der Waals surface area contributed by atoms with E-state index in [4.69, 9.17) is 9.52 Å². The van der Waals surface area contributed by atoms with Gasteiger partial charge in [0.2, 0.25) is 5.82 Å². The second-order valence-corrected chi connectivity index (χ2v) is 8.31. The van der Waals surface area contributed by atoms with Gasteiger partial charge in [-0.1, -0.05) is 12.1 Å². The largest absolute Gasteiger partial charge is 0.477 e. The van der Waals surface area contributed by atoms with Crippen molar-refractivity contribution in [2.75, 3.05) is 11.4 Å². The number of aldehydes is 1. The maximum Gasteiger partial charge on any atom is 0.374 e. The molecule has 12 heteroatoms. The van der Waals surface area contributed by atoms with Gasteiger partial charge in [0.15, 0.2) is 11.4 Å². The molecule has 0 saturated carbocycles. The molecule has 0 aliphatic carbocycles. The van der Waals surface area contributed by atoms with Gasteiger partial charge in [0.25, 0.3) is 0 Å². The summed E-state index contributed by atoms with van der Waals surface area (Å²) < 4.78 is 62.4. The average Bonchev–Trinajstić information content (AvgIpc) is 3.36. The van der Waals surface area contributed by atoms with E-state index < -0.39 is 61.5 Å². The Morgan fingerprint density at radius 1 is 1.18 bits per heavy atom. The minimum Gasteiger partial charge on any atom is -0.477 e. The molecule has 0 bridgehead atoms. The molecule has 0 unspecified atom stereocenters. The minimum atomic E-state index is -3.99. The fraction of sp³-hybridized carbons (Fsp3) is 0.455. The van der Waals surface area contributed by atoms with Gasteiger partial charge in [-0.3, -0.25) is 0 Å². The third-order valence-electron chi connectivity index (χ3n) is 5.82. The number of aliphatic hydroxyl groups is 1. The normalized spacial score (nSPS) is 19.3. The molecular formula is C22H21F4N3O5. The van der Waals surface area contributed by atoms with Gasteiger partial charge >= 0.3 is 17.8 Å². The highest BCUT2D eigenvalue weighted by atomic mass is 19.3. The molecule has 1 aliphatic heterocycles. The van der Waals surface area contributed by atoms with Gasteiger partial charge in [-0.2, -0.15) is 17.6 Å².